The van der Waals surface area contributed by atoms with Crippen LogP contribution in [0.25, 0.3) is 0 Å². The highest BCUT2D eigenvalue weighted by molar-refractivity contribution is 5.74. The average Bonchev–Trinajstić information content (AvgIpc) is 2.34. The van der Waals surface area contributed by atoms with Gasteiger partial charge < -0.3 is 15.3 Å². The van der Waals surface area contributed by atoms with Crippen LogP contribution in [0.15, 0.2) is 18.2 Å². The van der Waals surface area contributed by atoms with E-state index in [0.717, 1.165) is 11.1 Å². The summed E-state index contributed by atoms with van der Waals surface area (Å²) in [5.74, 6) is -2.16. The van der Waals surface area contributed by atoms with Gasteiger partial charge >= 0.3 is 11.9 Å². The summed E-state index contributed by atoms with van der Waals surface area (Å²) in [6, 6.07) is 4.83. The van der Waals surface area contributed by atoms with Gasteiger partial charge in [-0.3, -0.25) is 4.79 Å². The first-order valence-electron chi connectivity index (χ1n) is 5.70. The third kappa shape index (κ3) is 3.56. The molecule has 5 nitrogen and oxygen atoms in total. The molecule has 1 rings (SSSR count). The molecule has 0 aliphatic heterocycles. The fourth-order valence-corrected chi connectivity index (χ4v) is 1.77. The van der Waals surface area contributed by atoms with Gasteiger partial charge in [-0.1, -0.05) is 25.1 Å². The van der Waals surface area contributed by atoms with Crippen LogP contribution in [0.4, 0.5) is 0 Å². The minimum Gasteiger partial charge on any atom is -0.481 e. The Labute approximate surface area is 105 Å². The van der Waals surface area contributed by atoms with Crippen LogP contribution < -0.4 is 0 Å². The fraction of sp³-hybridized carbons (Fsp3) is 0.385. The largest absolute Gasteiger partial charge is 0.481 e. The molecule has 18 heavy (non-hydrogen) atoms. The van der Waals surface area contributed by atoms with Crippen molar-refractivity contribution < 1.29 is 24.9 Å². The molecule has 1 unspecified atom stereocenters. The van der Waals surface area contributed by atoms with E-state index in [1.54, 1.807) is 12.1 Å². The number of rotatable bonds is 6. The average molecular weight is 252 g/mol. The summed E-state index contributed by atoms with van der Waals surface area (Å²) >= 11 is 0. The van der Waals surface area contributed by atoms with E-state index >= 15 is 0 Å². The smallest absolute Gasteiger partial charge is 0.337 e. The first-order chi connectivity index (χ1) is 8.45. The molecule has 0 heterocycles. The number of carboxylic acid groups (broad SMARTS) is 2. The minimum atomic E-state index is -1.54. The minimum absolute atomic E-state index is 0.0355. The number of aliphatic hydroxyl groups excluding tert-OH is 1. The van der Waals surface area contributed by atoms with E-state index in [-0.39, 0.29) is 6.42 Å². The van der Waals surface area contributed by atoms with Gasteiger partial charge in [0, 0.05) is 6.42 Å². The van der Waals surface area contributed by atoms with Gasteiger partial charge in [0.05, 0.1) is 0 Å². The van der Waals surface area contributed by atoms with Crippen molar-refractivity contribution in [3.8, 4) is 0 Å². The predicted octanol–water partition coefficient (Wildman–Crippen LogP) is 1.38. The van der Waals surface area contributed by atoms with Gasteiger partial charge in [0.15, 0.2) is 6.10 Å². The van der Waals surface area contributed by atoms with Crippen LogP contribution in [0.5, 0.6) is 0 Å². The lowest BCUT2D eigenvalue weighted by Gasteiger charge is -2.11. The number of hydrogen-bond donors (Lipinski definition) is 3. The maximum atomic E-state index is 10.7. The van der Waals surface area contributed by atoms with Gasteiger partial charge in [-0.15, -0.1) is 0 Å². The second-order valence-corrected chi connectivity index (χ2v) is 4.02. The van der Waals surface area contributed by atoms with Crippen LogP contribution in [-0.4, -0.2) is 27.3 Å². The molecule has 0 aliphatic rings. The van der Waals surface area contributed by atoms with Crippen LogP contribution in [0, 0.1) is 0 Å². The molecule has 1 aromatic rings. The molecule has 0 aromatic heterocycles. The number of carbonyl (C=O) groups is 2. The molecule has 0 fully saturated rings. The summed E-state index contributed by atoms with van der Waals surface area (Å²) in [6.45, 7) is 1.90. The predicted molar refractivity (Wildman–Crippen MR) is 64.4 cm³/mol. The topological polar surface area (TPSA) is 94.8 Å². The Kier molecular flexibility index (Phi) is 4.85. The molecule has 0 radical (unpaired) electrons. The fourth-order valence-electron chi connectivity index (χ4n) is 1.77. The van der Waals surface area contributed by atoms with Crippen LogP contribution in [0.2, 0.25) is 0 Å². The van der Waals surface area contributed by atoms with Crippen LogP contribution in [0.3, 0.4) is 0 Å². The molecule has 0 spiro atoms. The van der Waals surface area contributed by atoms with E-state index in [9.17, 15) is 14.7 Å². The van der Waals surface area contributed by atoms with Gasteiger partial charge in [-0.25, -0.2) is 4.79 Å². The zero-order chi connectivity index (χ0) is 13.7. The van der Waals surface area contributed by atoms with Crippen molar-refractivity contribution in [1.29, 1.82) is 0 Å². The van der Waals surface area contributed by atoms with Crippen molar-refractivity contribution in [2.45, 2.75) is 32.3 Å². The van der Waals surface area contributed by atoms with E-state index in [4.69, 9.17) is 10.2 Å². The molecule has 0 amide bonds. The number of benzene rings is 1. The van der Waals surface area contributed by atoms with E-state index in [1.165, 1.54) is 6.07 Å². The second-order valence-electron chi connectivity index (χ2n) is 4.02. The van der Waals surface area contributed by atoms with Crippen molar-refractivity contribution in [1.82, 2.24) is 0 Å². The monoisotopic (exact) mass is 252 g/mol. The highest BCUT2D eigenvalue weighted by Crippen LogP contribution is 2.20. The van der Waals surface area contributed by atoms with Crippen molar-refractivity contribution in [2.24, 2.45) is 0 Å². The zero-order valence-electron chi connectivity index (χ0n) is 10.1. The zero-order valence-corrected chi connectivity index (χ0v) is 10.1. The summed E-state index contributed by atoms with van der Waals surface area (Å²) in [5, 5.41) is 26.8. The Balaban J connectivity index is 2.96. The van der Waals surface area contributed by atoms with Crippen molar-refractivity contribution >= 4 is 11.9 Å². The van der Waals surface area contributed by atoms with Gasteiger partial charge in [-0.05, 0) is 29.5 Å². The van der Waals surface area contributed by atoms with Crippen LogP contribution >= 0.6 is 0 Å². The van der Waals surface area contributed by atoms with E-state index in [1.807, 2.05) is 6.92 Å². The lowest BCUT2D eigenvalue weighted by Crippen LogP contribution is -2.11. The van der Waals surface area contributed by atoms with Crippen LogP contribution in [0.1, 0.15) is 36.1 Å². The van der Waals surface area contributed by atoms with Gasteiger partial charge in [0.1, 0.15) is 0 Å². The molecule has 5 heteroatoms. The Hall–Kier alpha value is -1.88. The van der Waals surface area contributed by atoms with E-state index < -0.39 is 18.0 Å². The van der Waals surface area contributed by atoms with Crippen molar-refractivity contribution in [3.63, 3.8) is 0 Å². The van der Waals surface area contributed by atoms with Crippen LogP contribution in [-0.2, 0) is 22.4 Å². The maximum absolute atomic E-state index is 10.7. The molecule has 0 bridgehead atoms. The maximum Gasteiger partial charge on any atom is 0.337 e. The summed E-state index contributed by atoms with van der Waals surface area (Å²) in [7, 11) is 0. The van der Waals surface area contributed by atoms with Gasteiger partial charge in [-0.2, -0.15) is 0 Å². The van der Waals surface area contributed by atoms with Crippen molar-refractivity contribution in [2.75, 3.05) is 0 Å². The Morgan fingerprint density at radius 1 is 1.22 bits per heavy atom. The summed E-state index contributed by atoms with van der Waals surface area (Å²) in [4.78, 5) is 21.2. The summed E-state index contributed by atoms with van der Waals surface area (Å²) in [6.07, 6.45) is -0.436. The molecule has 1 aromatic carbocycles. The first kappa shape index (κ1) is 14.2. The van der Waals surface area contributed by atoms with Gasteiger partial charge in [0.2, 0.25) is 0 Å². The Morgan fingerprint density at radius 3 is 2.39 bits per heavy atom. The van der Waals surface area contributed by atoms with Crippen molar-refractivity contribution in [3.05, 3.63) is 34.9 Å². The molecular weight excluding hydrogens is 236 g/mol. The second kappa shape index (κ2) is 6.16. The highest BCUT2D eigenvalue weighted by atomic mass is 16.4. The van der Waals surface area contributed by atoms with Gasteiger partial charge in [0.25, 0.3) is 0 Å². The molecule has 0 saturated heterocycles. The molecule has 1 atom stereocenters. The normalized spacial score (nSPS) is 12.1. The molecular formula is C13H16O5. The third-order valence-corrected chi connectivity index (χ3v) is 2.77. The third-order valence-electron chi connectivity index (χ3n) is 2.77. The molecule has 0 aliphatic carbocycles. The SMILES string of the molecule is CCc1cc(C(O)C(=O)O)ccc1CCC(=O)O. The lowest BCUT2D eigenvalue weighted by molar-refractivity contribution is -0.147. The molecule has 3 N–H and O–H groups in total. The summed E-state index contributed by atoms with van der Waals surface area (Å²) in [5.41, 5.74) is 2.06. The molecule has 0 saturated carbocycles. The number of aliphatic hydroxyl groups is 1. The Morgan fingerprint density at radius 2 is 1.89 bits per heavy atom. The van der Waals surface area contributed by atoms with E-state index in [2.05, 4.69) is 0 Å². The number of carboxylic acids is 2. The first-order valence-corrected chi connectivity index (χ1v) is 5.70. The summed E-state index contributed by atoms with van der Waals surface area (Å²) < 4.78 is 0. The highest BCUT2D eigenvalue weighted by Gasteiger charge is 2.17. The standard InChI is InChI=1S/C13H16O5/c1-2-8-7-10(12(16)13(17)18)4-3-9(8)5-6-11(14)15/h3-4,7,12,16H,2,5-6H2,1H3,(H,14,15)(H,17,18). The van der Waals surface area contributed by atoms with E-state index in [0.29, 0.717) is 18.4 Å². The lowest BCUT2D eigenvalue weighted by atomic mass is 9.96. The number of aliphatic carboxylic acids is 2. The Bertz CT molecular complexity index is 453. The number of aryl methyl sites for hydroxylation is 2. The number of hydrogen-bond acceptors (Lipinski definition) is 3. The molecule has 98 valence electrons. The quantitative estimate of drug-likeness (QED) is 0.711.